The molecule has 0 amide bonds. The summed E-state index contributed by atoms with van der Waals surface area (Å²) in [6, 6.07) is 15.2. The Balaban J connectivity index is 2.15. The van der Waals surface area contributed by atoms with Gasteiger partial charge < -0.3 is 4.74 Å². The van der Waals surface area contributed by atoms with Gasteiger partial charge in [-0.2, -0.15) is 0 Å². The Bertz CT molecular complexity index is 842. The lowest BCUT2D eigenvalue weighted by Gasteiger charge is -2.20. The molecule has 0 saturated carbocycles. The van der Waals surface area contributed by atoms with Crippen LogP contribution >= 0.6 is 0 Å². The lowest BCUT2D eigenvalue weighted by Crippen LogP contribution is -2.10. The predicted molar refractivity (Wildman–Crippen MR) is 97.7 cm³/mol. The van der Waals surface area contributed by atoms with Crippen LogP contribution in [0.1, 0.15) is 48.2 Å². The van der Waals surface area contributed by atoms with Crippen molar-refractivity contribution in [3.63, 3.8) is 0 Å². The molecule has 24 heavy (non-hydrogen) atoms. The molecule has 2 nitrogen and oxygen atoms in total. The van der Waals surface area contributed by atoms with E-state index >= 15 is 0 Å². The molecular weight excluding hydrogens is 296 g/mol. The molecule has 0 aliphatic heterocycles. The van der Waals surface area contributed by atoms with Gasteiger partial charge in [0.25, 0.3) is 0 Å². The van der Waals surface area contributed by atoms with Gasteiger partial charge >= 0.3 is 0 Å². The first kappa shape index (κ1) is 16.3. The van der Waals surface area contributed by atoms with Gasteiger partial charge in [-0.05, 0) is 38.5 Å². The number of methoxy groups -OCH3 is 1. The molecule has 2 heteroatoms. The standard InChI is InChI=1S/C22H22O2/c1-14-12-15(2)21(16(14)3)19-11-10-18(24-4)13-20(19)22(23)17-8-6-5-7-9-17/h5-13,21H,1-4H3. The molecule has 1 aliphatic carbocycles. The summed E-state index contributed by atoms with van der Waals surface area (Å²) >= 11 is 0. The van der Waals surface area contributed by atoms with Crippen LogP contribution in [0.2, 0.25) is 0 Å². The second kappa shape index (κ2) is 6.48. The molecule has 0 aromatic heterocycles. The molecule has 1 unspecified atom stereocenters. The number of allylic oxidation sites excluding steroid dienone is 4. The molecule has 2 aromatic carbocycles. The molecule has 0 saturated heterocycles. The first-order valence-corrected chi connectivity index (χ1v) is 8.16. The van der Waals surface area contributed by atoms with Gasteiger partial charge in [0.2, 0.25) is 0 Å². The van der Waals surface area contributed by atoms with E-state index in [1.54, 1.807) is 7.11 Å². The molecule has 0 heterocycles. The minimum absolute atomic E-state index is 0.0367. The maximum Gasteiger partial charge on any atom is 0.193 e. The van der Waals surface area contributed by atoms with E-state index in [0.717, 1.165) is 5.56 Å². The minimum atomic E-state index is 0.0367. The number of carbonyl (C=O) groups excluding carboxylic acids is 1. The van der Waals surface area contributed by atoms with Crippen molar-refractivity contribution < 1.29 is 9.53 Å². The summed E-state index contributed by atoms with van der Waals surface area (Å²) in [4.78, 5) is 13.1. The van der Waals surface area contributed by atoms with Crippen molar-refractivity contribution in [2.75, 3.05) is 7.11 Å². The topological polar surface area (TPSA) is 26.3 Å². The van der Waals surface area contributed by atoms with Crippen molar-refractivity contribution in [1.82, 2.24) is 0 Å². The molecule has 1 aliphatic rings. The van der Waals surface area contributed by atoms with Crippen LogP contribution in [-0.2, 0) is 0 Å². The molecule has 0 bridgehead atoms. The molecule has 3 rings (SSSR count). The lowest BCUT2D eigenvalue weighted by atomic mass is 9.84. The van der Waals surface area contributed by atoms with E-state index in [-0.39, 0.29) is 11.7 Å². The predicted octanol–water partition coefficient (Wildman–Crippen LogP) is 5.31. The number of carbonyl (C=O) groups is 1. The molecule has 122 valence electrons. The van der Waals surface area contributed by atoms with Crippen molar-refractivity contribution in [3.05, 3.63) is 88.0 Å². The second-order valence-electron chi connectivity index (χ2n) is 6.34. The normalized spacial score (nSPS) is 17.0. The second-order valence-corrected chi connectivity index (χ2v) is 6.34. The van der Waals surface area contributed by atoms with Gasteiger partial charge in [-0.25, -0.2) is 0 Å². The van der Waals surface area contributed by atoms with Crippen molar-refractivity contribution in [1.29, 1.82) is 0 Å². The van der Waals surface area contributed by atoms with Gasteiger partial charge in [0, 0.05) is 17.0 Å². The Morgan fingerprint density at radius 1 is 1.00 bits per heavy atom. The zero-order chi connectivity index (χ0) is 17.3. The van der Waals surface area contributed by atoms with E-state index in [1.807, 2.05) is 48.5 Å². The van der Waals surface area contributed by atoms with Crippen molar-refractivity contribution >= 4 is 5.78 Å². The van der Waals surface area contributed by atoms with Crippen LogP contribution in [0.4, 0.5) is 0 Å². The Morgan fingerprint density at radius 2 is 1.71 bits per heavy atom. The lowest BCUT2D eigenvalue weighted by molar-refractivity contribution is 0.103. The number of ether oxygens (including phenoxy) is 1. The van der Waals surface area contributed by atoms with Gasteiger partial charge in [0.15, 0.2) is 5.78 Å². The summed E-state index contributed by atoms with van der Waals surface area (Å²) in [6.45, 7) is 6.40. The summed E-state index contributed by atoms with van der Waals surface area (Å²) in [7, 11) is 1.63. The Kier molecular flexibility index (Phi) is 4.39. The largest absolute Gasteiger partial charge is 0.497 e. The molecule has 0 spiro atoms. The maximum atomic E-state index is 13.1. The highest BCUT2D eigenvalue weighted by Gasteiger charge is 2.27. The number of hydrogen-bond acceptors (Lipinski definition) is 2. The first-order chi connectivity index (χ1) is 11.5. The fourth-order valence-electron chi connectivity index (χ4n) is 3.44. The number of rotatable bonds is 4. The van der Waals surface area contributed by atoms with Crippen molar-refractivity contribution in [2.45, 2.75) is 26.7 Å². The van der Waals surface area contributed by atoms with Crippen LogP contribution in [0.15, 0.2) is 71.3 Å². The zero-order valence-electron chi connectivity index (χ0n) is 14.6. The molecule has 0 radical (unpaired) electrons. The van der Waals surface area contributed by atoms with Crippen molar-refractivity contribution in [3.8, 4) is 5.75 Å². The summed E-state index contributed by atoms with van der Waals surface area (Å²) in [6.07, 6.45) is 2.21. The van der Waals surface area contributed by atoms with Gasteiger partial charge in [-0.3, -0.25) is 4.79 Å². The van der Waals surface area contributed by atoms with E-state index in [2.05, 4.69) is 26.8 Å². The molecule has 0 fully saturated rings. The van der Waals surface area contributed by atoms with Crippen LogP contribution in [0.3, 0.4) is 0 Å². The van der Waals surface area contributed by atoms with E-state index in [0.29, 0.717) is 16.9 Å². The average molecular weight is 318 g/mol. The van der Waals surface area contributed by atoms with E-state index in [1.165, 1.54) is 16.7 Å². The first-order valence-electron chi connectivity index (χ1n) is 8.16. The zero-order valence-corrected chi connectivity index (χ0v) is 14.6. The van der Waals surface area contributed by atoms with Gasteiger partial charge in [0.1, 0.15) is 5.75 Å². The maximum absolute atomic E-state index is 13.1. The fraction of sp³-hybridized carbons (Fsp3) is 0.227. The van der Waals surface area contributed by atoms with Crippen LogP contribution in [0.25, 0.3) is 0 Å². The van der Waals surface area contributed by atoms with E-state index < -0.39 is 0 Å². The molecular formula is C22H22O2. The highest BCUT2D eigenvalue weighted by Crippen LogP contribution is 2.41. The van der Waals surface area contributed by atoms with Crippen LogP contribution in [-0.4, -0.2) is 12.9 Å². The molecule has 1 atom stereocenters. The summed E-state index contributed by atoms with van der Waals surface area (Å²) < 4.78 is 5.35. The number of benzene rings is 2. The van der Waals surface area contributed by atoms with Gasteiger partial charge in [0.05, 0.1) is 7.11 Å². The average Bonchev–Trinajstić information content (AvgIpc) is 2.86. The monoisotopic (exact) mass is 318 g/mol. The van der Waals surface area contributed by atoms with E-state index in [9.17, 15) is 4.79 Å². The Labute approximate surface area is 143 Å². The number of ketones is 1. The summed E-state index contributed by atoms with van der Waals surface area (Å²) in [5, 5.41) is 0. The summed E-state index contributed by atoms with van der Waals surface area (Å²) in [5.74, 6) is 0.907. The van der Waals surface area contributed by atoms with E-state index in [4.69, 9.17) is 4.74 Å². The SMILES string of the molecule is COc1ccc(C2C(C)=CC(C)=C2C)c(C(=O)c2ccccc2)c1. The third-order valence-electron chi connectivity index (χ3n) is 4.81. The quantitative estimate of drug-likeness (QED) is 0.714. The summed E-state index contributed by atoms with van der Waals surface area (Å²) in [5.41, 5.74) is 6.33. The van der Waals surface area contributed by atoms with Crippen LogP contribution < -0.4 is 4.74 Å². The minimum Gasteiger partial charge on any atom is -0.497 e. The third kappa shape index (κ3) is 2.80. The van der Waals surface area contributed by atoms with Gasteiger partial charge in [-0.15, -0.1) is 0 Å². The van der Waals surface area contributed by atoms with Crippen LogP contribution in [0, 0.1) is 0 Å². The molecule has 2 aromatic rings. The third-order valence-corrected chi connectivity index (χ3v) is 4.81. The van der Waals surface area contributed by atoms with Crippen molar-refractivity contribution in [2.24, 2.45) is 0 Å². The fourth-order valence-corrected chi connectivity index (χ4v) is 3.44. The Hall–Kier alpha value is -2.61. The highest BCUT2D eigenvalue weighted by atomic mass is 16.5. The molecule has 0 N–H and O–H groups in total. The highest BCUT2D eigenvalue weighted by molar-refractivity contribution is 6.10. The van der Waals surface area contributed by atoms with Gasteiger partial charge in [-0.1, -0.05) is 59.2 Å². The number of hydrogen-bond donors (Lipinski definition) is 0. The smallest absolute Gasteiger partial charge is 0.193 e. The van der Waals surface area contributed by atoms with Crippen LogP contribution in [0.5, 0.6) is 5.75 Å². The Morgan fingerprint density at radius 3 is 2.29 bits per heavy atom.